The van der Waals surface area contributed by atoms with Gasteiger partial charge in [0.15, 0.2) is 0 Å². The Morgan fingerprint density at radius 1 is 1.00 bits per heavy atom. The number of hydrogen-bond donors (Lipinski definition) is 2. The third kappa shape index (κ3) is 10.3. The maximum absolute atomic E-state index is 11.4. The van der Waals surface area contributed by atoms with E-state index in [0.717, 1.165) is 18.4 Å². The fourth-order valence-electron chi connectivity index (χ4n) is 2.97. The van der Waals surface area contributed by atoms with E-state index in [-0.39, 0.29) is 0 Å². The summed E-state index contributed by atoms with van der Waals surface area (Å²) >= 11 is 0. The van der Waals surface area contributed by atoms with Gasteiger partial charge < -0.3 is 14.9 Å². The number of carbonyl (C=O) groups is 1. The maximum atomic E-state index is 11.4. The Kier molecular flexibility index (Phi) is 12.0. The van der Waals surface area contributed by atoms with Crippen molar-refractivity contribution in [1.82, 2.24) is 0 Å². The van der Waals surface area contributed by atoms with Gasteiger partial charge in [0.2, 0.25) is 0 Å². The number of unbranched alkanes of at least 4 members (excludes halogenated alkanes) is 6. The Morgan fingerprint density at radius 3 is 2.28 bits per heavy atom. The Balaban J connectivity index is 2.17. The third-order valence-electron chi connectivity index (χ3n) is 4.57. The highest BCUT2D eigenvalue weighted by atomic mass is 16.5. The van der Waals surface area contributed by atoms with Crippen molar-refractivity contribution in [1.29, 1.82) is 0 Å². The molecule has 0 aliphatic rings. The summed E-state index contributed by atoms with van der Waals surface area (Å²) in [5, 5.41) is 19.5. The Hall–Kier alpha value is -1.39. The zero-order chi connectivity index (χ0) is 18.3. The van der Waals surface area contributed by atoms with E-state index in [1.807, 2.05) is 30.3 Å². The SMILES string of the molecule is CCCCCCCCCC(O)C(CCOCc1ccccc1)C(=O)O. The molecule has 0 amide bonds. The standard InChI is InChI=1S/C21H34O4/c1-2-3-4-5-6-7-11-14-20(22)19(21(23)24)15-16-25-17-18-12-9-8-10-13-18/h8-10,12-13,19-20,22H,2-7,11,14-17H2,1H3,(H,23,24). The predicted molar refractivity (Wildman–Crippen MR) is 100 cm³/mol. The molecule has 25 heavy (non-hydrogen) atoms. The zero-order valence-electron chi connectivity index (χ0n) is 15.5. The number of benzene rings is 1. The monoisotopic (exact) mass is 350 g/mol. The van der Waals surface area contributed by atoms with Gasteiger partial charge >= 0.3 is 5.97 Å². The van der Waals surface area contributed by atoms with Crippen molar-refractivity contribution in [2.24, 2.45) is 5.92 Å². The van der Waals surface area contributed by atoms with Crippen molar-refractivity contribution in [3.8, 4) is 0 Å². The quantitative estimate of drug-likeness (QED) is 0.446. The van der Waals surface area contributed by atoms with E-state index in [2.05, 4.69) is 6.92 Å². The van der Waals surface area contributed by atoms with Crippen LogP contribution in [-0.2, 0) is 16.1 Å². The van der Waals surface area contributed by atoms with Crippen LogP contribution in [0.2, 0.25) is 0 Å². The summed E-state index contributed by atoms with van der Waals surface area (Å²) in [7, 11) is 0. The van der Waals surface area contributed by atoms with Gasteiger partial charge in [-0.25, -0.2) is 0 Å². The molecule has 0 spiro atoms. The van der Waals surface area contributed by atoms with Crippen LogP contribution in [0.25, 0.3) is 0 Å². The Labute approximate surface area is 152 Å². The molecule has 0 radical (unpaired) electrons. The molecule has 1 rings (SSSR count). The first kappa shape index (κ1) is 21.7. The fourth-order valence-corrected chi connectivity index (χ4v) is 2.97. The summed E-state index contributed by atoms with van der Waals surface area (Å²) in [5.74, 6) is -1.67. The summed E-state index contributed by atoms with van der Waals surface area (Å²) in [6, 6.07) is 9.80. The number of hydrogen-bond acceptors (Lipinski definition) is 3. The average molecular weight is 350 g/mol. The van der Waals surface area contributed by atoms with Crippen molar-refractivity contribution < 1.29 is 19.7 Å². The van der Waals surface area contributed by atoms with E-state index >= 15 is 0 Å². The number of aliphatic carboxylic acids is 1. The molecule has 4 heteroatoms. The van der Waals surface area contributed by atoms with E-state index < -0.39 is 18.0 Å². The molecule has 1 aromatic rings. The highest BCUT2D eigenvalue weighted by Gasteiger charge is 2.25. The largest absolute Gasteiger partial charge is 0.481 e. The summed E-state index contributed by atoms with van der Waals surface area (Å²) in [6.45, 7) is 3.02. The van der Waals surface area contributed by atoms with Gasteiger partial charge in [0, 0.05) is 6.61 Å². The van der Waals surface area contributed by atoms with Crippen LogP contribution in [0.1, 0.15) is 70.3 Å². The number of aliphatic hydroxyl groups is 1. The zero-order valence-corrected chi connectivity index (χ0v) is 15.5. The van der Waals surface area contributed by atoms with E-state index in [1.165, 1.54) is 32.1 Å². The minimum absolute atomic E-state index is 0.347. The molecule has 0 saturated heterocycles. The number of carboxylic acids is 1. The number of carboxylic acid groups (broad SMARTS) is 1. The van der Waals surface area contributed by atoms with E-state index in [1.54, 1.807) is 0 Å². The van der Waals surface area contributed by atoms with Crippen molar-refractivity contribution in [2.45, 2.75) is 77.4 Å². The van der Waals surface area contributed by atoms with Crippen LogP contribution in [-0.4, -0.2) is 28.9 Å². The van der Waals surface area contributed by atoms with Crippen LogP contribution in [0, 0.1) is 5.92 Å². The summed E-state index contributed by atoms with van der Waals surface area (Å²) < 4.78 is 5.56. The molecule has 0 bridgehead atoms. The lowest BCUT2D eigenvalue weighted by Gasteiger charge is -2.19. The van der Waals surface area contributed by atoms with Crippen LogP contribution in [0.15, 0.2) is 30.3 Å². The first-order valence-electron chi connectivity index (χ1n) is 9.67. The number of aliphatic hydroxyl groups excluding tert-OH is 1. The Bertz CT molecular complexity index is 446. The lowest BCUT2D eigenvalue weighted by molar-refractivity contribution is -0.147. The van der Waals surface area contributed by atoms with Gasteiger partial charge in [-0.1, -0.05) is 82.2 Å². The van der Waals surface area contributed by atoms with Crippen LogP contribution < -0.4 is 0 Å². The molecular formula is C21H34O4. The molecule has 0 aliphatic heterocycles. The molecule has 2 atom stereocenters. The second-order valence-electron chi connectivity index (χ2n) is 6.75. The fraction of sp³-hybridized carbons (Fsp3) is 0.667. The van der Waals surface area contributed by atoms with Crippen molar-refractivity contribution in [2.75, 3.05) is 6.61 Å². The summed E-state index contributed by atoms with van der Waals surface area (Å²) in [6.07, 6.45) is 8.29. The maximum Gasteiger partial charge on any atom is 0.309 e. The third-order valence-corrected chi connectivity index (χ3v) is 4.57. The number of ether oxygens (including phenoxy) is 1. The molecular weight excluding hydrogens is 316 g/mol. The predicted octanol–water partition coefficient (Wildman–Crippen LogP) is 4.80. The molecule has 1 aromatic carbocycles. The van der Waals surface area contributed by atoms with Crippen molar-refractivity contribution in [3.05, 3.63) is 35.9 Å². The van der Waals surface area contributed by atoms with Gasteiger partial charge in [0.25, 0.3) is 0 Å². The Morgan fingerprint density at radius 2 is 1.64 bits per heavy atom. The smallest absolute Gasteiger partial charge is 0.309 e. The van der Waals surface area contributed by atoms with Crippen LogP contribution in [0.3, 0.4) is 0 Å². The summed E-state index contributed by atoms with van der Waals surface area (Å²) in [5.41, 5.74) is 1.07. The molecule has 4 nitrogen and oxygen atoms in total. The molecule has 0 aliphatic carbocycles. The highest BCUT2D eigenvalue weighted by molar-refractivity contribution is 5.70. The minimum Gasteiger partial charge on any atom is -0.481 e. The summed E-state index contributed by atoms with van der Waals surface area (Å²) in [4.78, 5) is 11.4. The van der Waals surface area contributed by atoms with Crippen LogP contribution in [0.5, 0.6) is 0 Å². The molecule has 0 aromatic heterocycles. The van der Waals surface area contributed by atoms with Gasteiger partial charge in [-0.3, -0.25) is 4.79 Å². The van der Waals surface area contributed by atoms with Crippen LogP contribution >= 0.6 is 0 Å². The highest BCUT2D eigenvalue weighted by Crippen LogP contribution is 2.17. The van der Waals surface area contributed by atoms with Gasteiger partial charge in [-0.15, -0.1) is 0 Å². The topological polar surface area (TPSA) is 66.8 Å². The molecule has 142 valence electrons. The second-order valence-corrected chi connectivity index (χ2v) is 6.75. The van der Waals surface area contributed by atoms with E-state index in [9.17, 15) is 15.0 Å². The van der Waals surface area contributed by atoms with E-state index in [0.29, 0.717) is 26.1 Å². The first-order chi connectivity index (χ1) is 12.1. The lowest BCUT2D eigenvalue weighted by atomic mass is 9.94. The molecule has 2 N–H and O–H groups in total. The molecule has 2 unspecified atom stereocenters. The normalized spacial score (nSPS) is 13.5. The van der Waals surface area contributed by atoms with Crippen molar-refractivity contribution in [3.63, 3.8) is 0 Å². The van der Waals surface area contributed by atoms with Crippen molar-refractivity contribution >= 4 is 5.97 Å². The second kappa shape index (κ2) is 13.9. The van der Waals surface area contributed by atoms with Gasteiger partial charge in [0.1, 0.15) is 0 Å². The average Bonchev–Trinajstić information content (AvgIpc) is 2.61. The van der Waals surface area contributed by atoms with Crippen LogP contribution in [0.4, 0.5) is 0 Å². The molecule has 0 fully saturated rings. The van der Waals surface area contributed by atoms with Gasteiger partial charge in [-0.2, -0.15) is 0 Å². The molecule has 0 saturated carbocycles. The van der Waals surface area contributed by atoms with Gasteiger partial charge in [-0.05, 0) is 18.4 Å². The van der Waals surface area contributed by atoms with E-state index in [4.69, 9.17) is 4.74 Å². The molecule has 0 heterocycles. The number of rotatable bonds is 15. The lowest BCUT2D eigenvalue weighted by Crippen LogP contribution is -2.29. The first-order valence-corrected chi connectivity index (χ1v) is 9.67. The van der Waals surface area contributed by atoms with Gasteiger partial charge in [0.05, 0.1) is 18.6 Å². The minimum atomic E-state index is -0.932.